The summed E-state index contributed by atoms with van der Waals surface area (Å²) in [6, 6.07) is 4.09. The fourth-order valence-electron chi connectivity index (χ4n) is 3.87. The summed E-state index contributed by atoms with van der Waals surface area (Å²) in [5, 5.41) is 18.5. The summed E-state index contributed by atoms with van der Waals surface area (Å²) in [5.74, 6) is -2.03. The molecular formula is C19H22N4O5. The molecule has 0 bridgehead atoms. The van der Waals surface area contributed by atoms with Crippen molar-refractivity contribution in [3.05, 3.63) is 34.9 Å². The Morgan fingerprint density at radius 2 is 1.96 bits per heavy atom. The second-order valence-corrected chi connectivity index (χ2v) is 7.54. The minimum atomic E-state index is -0.966. The van der Waals surface area contributed by atoms with Gasteiger partial charge >= 0.3 is 0 Å². The van der Waals surface area contributed by atoms with Crippen LogP contribution in [0.25, 0.3) is 0 Å². The van der Waals surface area contributed by atoms with E-state index >= 15 is 0 Å². The summed E-state index contributed by atoms with van der Waals surface area (Å²) in [6.07, 6.45) is 0.816. The van der Waals surface area contributed by atoms with Crippen molar-refractivity contribution in [2.75, 3.05) is 19.6 Å². The van der Waals surface area contributed by atoms with Gasteiger partial charge in [-0.1, -0.05) is 12.1 Å². The maximum atomic E-state index is 13.0. The molecule has 0 aromatic heterocycles. The van der Waals surface area contributed by atoms with Gasteiger partial charge in [-0.25, -0.2) is 0 Å². The first-order valence-electron chi connectivity index (χ1n) is 9.37. The zero-order chi connectivity index (χ0) is 19.9. The molecule has 0 aliphatic carbocycles. The number of carbonyl (C=O) groups is 4. The first-order valence-corrected chi connectivity index (χ1v) is 9.37. The minimum Gasteiger partial charge on any atom is -0.387 e. The summed E-state index contributed by atoms with van der Waals surface area (Å²) in [7, 11) is 0. The molecule has 148 valence electrons. The van der Waals surface area contributed by atoms with Crippen molar-refractivity contribution in [1.29, 1.82) is 0 Å². The van der Waals surface area contributed by atoms with Gasteiger partial charge in [0.05, 0.1) is 16.7 Å². The third kappa shape index (κ3) is 3.21. The van der Waals surface area contributed by atoms with Crippen LogP contribution in [0.2, 0.25) is 0 Å². The first-order chi connectivity index (χ1) is 13.4. The fourth-order valence-corrected chi connectivity index (χ4v) is 3.87. The van der Waals surface area contributed by atoms with Crippen LogP contribution in [0.4, 0.5) is 0 Å². The number of amides is 4. The van der Waals surface area contributed by atoms with E-state index in [4.69, 9.17) is 0 Å². The Labute approximate surface area is 161 Å². The van der Waals surface area contributed by atoms with E-state index in [1.165, 1.54) is 0 Å². The van der Waals surface area contributed by atoms with E-state index < -0.39 is 35.3 Å². The molecule has 1 aromatic carbocycles. The Hall–Kier alpha value is -2.62. The molecule has 3 heterocycles. The maximum absolute atomic E-state index is 13.0. The number of nitrogens with one attached hydrogen (secondary N) is 3. The van der Waals surface area contributed by atoms with Gasteiger partial charge in [-0.3, -0.25) is 29.4 Å². The van der Waals surface area contributed by atoms with Gasteiger partial charge < -0.3 is 15.7 Å². The van der Waals surface area contributed by atoms with Gasteiger partial charge in [0, 0.05) is 26.1 Å². The topological polar surface area (TPSA) is 128 Å². The van der Waals surface area contributed by atoms with Crippen LogP contribution in [-0.2, 0) is 16.1 Å². The third-order valence-electron chi connectivity index (χ3n) is 5.55. The molecule has 0 saturated carbocycles. The monoisotopic (exact) mass is 386 g/mol. The van der Waals surface area contributed by atoms with Gasteiger partial charge in [-0.05, 0) is 31.0 Å². The number of fused-ring (bicyclic) bond motifs is 1. The van der Waals surface area contributed by atoms with Gasteiger partial charge in [0.2, 0.25) is 11.8 Å². The van der Waals surface area contributed by atoms with Gasteiger partial charge in [-0.2, -0.15) is 0 Å². The van der Waals surface area contributed by atoms with Gasteiger partial charge in [-0.15, -0.1) is 0 Å². The predicted octanol–water partition coefficient (Wildman–Crippen LogP) is -1.10. The number of imide groups is 2. The summed E-state index contributed by atoms with van der Waals surface area (Å²) in [6.45, 7) is 2.09. The van der Waals surface area contributed by atoms with Crippen molar-refractivity contribution in [3.8, 4) is 0 Å². The quantitative estimate of drug-likeness (QED) is 0.361. The van der Waals surface area contributed by atoms with Gasteiger partial charge in [0.25, 0.3) is 11.8 Å². The largest absolute Gasteiger partial charge is 0.387 e. The van der Waals surface area contributed by atoms with E-state index in [-0.39, 0.29) is 18.4 Å². The number of hydrogen-bond donors (Lipinski definition) is 4. The molecule has 3 aliphatic rings. The van der Waals surface area contributed by atoms with E-state index in [0.717, 1.165) is 4.90 Å². The second-order valence-electron chi connectivity index (χ2n) is 7.54. The van der Waals surface area contributed by atoms with E-state index in [2.05, 4.69) is 16.0 Å². The van der Waals surface area contributed by atoms with Crippen molar-refractivity contribution < 1.29 is 24.3 Å². The number of carbonyl (C=O) groups excluding carboxylic acids is 4. The molecule has 4 N–H and O–H groups in total. The summed E-state index contributed by atoms with van der Waals surface area (Å²) in [4.78, 5) is 50.2. The standard InChI is InChI=1S/C19H22N4O5/c24-14-5-4-13(16(25)22-14)23-17(26)12-3-1-2-11(15(12)18(23)27)8-20-7-6-19(28)9-21-10-19/h1-3,13,20-21,28H,4-10H2,(H,22,24,25). The molecule has 1 atom stereocenters. The van der Waals surface area contributed by atoms with Crippen LogP contribution < -0.4 is 16.0 Å². The van der Waals surface area contributed by atoms with Crippen molar-refractivity contribution in [1.82, 2.24) is 20.9 Å². The SMILES string of the molecule is O=C1CCC(N2C(=O)c3cccc(CNCCC4(O)CNC4)c3C2=O)C(=O)N1. The lowest BCUT2D eigenvalue weighted by atomic mass is 9.93. The predicted molar refractivity (Wildman–Crippen MR) is 97.3 cm³/mol. The van der Waals surface area contributed by atoms with Crippen molar-refractivity contribution in [3.63, 3.8) is 0 Å². The summed E-state index contributed by atoms with van der Waals surface area (Å²) in [5.41, 5.74) is 0.564. The van der Waals surface area contributed by atoms with Gasteiger partial charge in [0.15, 0.2) is 0 Å². The molecule has 9 nitrogen and oxygen atoms in total. The lowest BCUT2D eigenvalue weighted by molar-refractivity contribution is -0.136. The van der Waals surface area contributed by atoms with Crippen LogP contribution >= 0.6 is 0 Å². The zero-order valence-corrected chi connectivity index (χ0v) is 15.3. The molecule has 1 unspecified atom stereocenters. The number of benzene rings is 1. The molecule has 28 heavy (non-hydrogen) atoms. The Balaban J connectivity index is 1.48. The summed E-state index contributed by atoms with van der Waals surface area (Å²) >= 11 is 0. The van der Waals surface area contributed by atoms with E-state index in [1.807, 2.05) is 0 Å². The lowest BCUT2D eigenvalue weighted by Crippen LogP contribution is -2.60. The molecule has 4 rings (SSSR count). The molecule has 4 amide bonds. The van der Waals surface area contributed by atoms with Crippen LogP contribution in [0.5, 0.6) is 0 Å². The average Bonchev–Trinajstić information content (AvgIpc) is 2.89. The number of hydrogen-bond acceptors (Lipinski definition) is 7. The molecule has 2 saturated heterocycles. The number of β-amino-alcohol motifs (C(OH)–C–C–N with tert-alkyl or cyclic N) is 1. The third-order valence-corrected chi connectivity index (χ3v) is 5.55. The highest BCUT2D eigenvalue weighted by Crippen LogP contribution is 2.30. The minimum absolute atomic E-state index is 0.0932. The van der Waals surface area contributed by atoms with Crippen molar-refractivity contribution >= 4 is 23.6 Å². The molecule has 3 aliphatic heterocycles. The van der Waals surface area contributed by atoms with Crippen LogP contribution in [0.15, 0.2) is 18.2 Å². The Morgan fingerprint density at radius 1 is 1.18 bits per heavy atom. The van der Waals surface area contributed by atoms with E-state index in [9.17, 15) is 24.3 Å². The lowest BCUT2D eigenvalue weighted by Gasteiger charge is -2.37. The van der Waals surface area contributed by atoms with Gasteiger partial charge in [0.1, 0.15) is 6.04 Å². The number of piperidine rings is 1. The molecule has 0 spiro atoms. The van der Waals surface area contributed by atoms with E-state index in [0.29, 0.717) is 43.7 Å². The smallest absolute Gasteiger partial charge is 0.262 e. The molecule has 2 fully saturated rings. The number of aliphatic hydroxyl groups is 1. The van der Waals surface area contributed by atoms with Crippen LogP contribution in [0, 0.1) is 0 Å². The van der Waals surface area contributed by atoms with Crippen LogP contribution in [-0.4, -0.2) is 64.9 Å². The Morgan fingerprint density at radius 3 is 2.64 bits per heavy atom. The van der Waals surface area contributed by atoms with Crippen LogP contribution in [0.3, 0.4) is 0 Å². The molecule has 0 radical (unpaired) electrons. The zero-order valence-electron chi connectivity index (χ0n) is 15.3. The average molecular weight is 386 g/mol. The molecular weight excluding hydrogens is 364 g/mol. The molecule has 1 aromatic rings. The summed E-state index contributed by atoms with van der Waals surface area (Å²) < 4.78 is 0. The Bertz CT molecular complexity index is 864. The highest BCUT2D eigenvalue weighted by Gasteiger charge is 2.45. The Kier molecular flexibility index (Phi) is 4.74. The van der Waals surface area contributed by atoms with Crippen molar-refractivity contribution in [2.45, 2.75) is 37.5 Å². The van der Waals surface area contributed by atoms with Crippen molar-refractivity contribution in [2.24, 2.45) is 0 Å². The highest BCUT2D eigenvalue weighted by atomic mass is 16.3. The van der Waals surface area contributed by atoms with E-state index in [1.54, 1.807) is 18.2 Å². The normalized spacial score (nSPS) is 23.5. The highest BCUT2D eigenvalue weighted by molar-refractivity contribution is 6.24. The number of nitrogens with zero attached hydrogens (tertiary/aromatic N) is 1. The fraction of sp³-hybridized carbons (Fsp3) is 0.474. The second kappa shape index (κ2) is 7.08. The molecule has 9 heteroatoms. The first kappa shape index (κ1) is 18.7. The van der Waals surface area contributed by atoms with Crippen LogP contribution in [0.1, 0.15) is 45.5 Å². The maximum Gasteiger partial charge on any atom is 0.262 e. The number of rotatable bonds is 6.